The van der Waals surface area contributed by atoms with Gasteiger partial charge in [0, 0.05) is 48.2 Å². The van der Waals surface area contributed by atoms with Gasteiger partial charge in [0.25, 0.3) is 23.2 Å². The second-order valence-corrected chi connectivity index (χ2v) is 11.0. The van der Waals surface area contributed by atoms with E-state index in [2.05, 4.69) is 31.0 Å². The Morgan fingerprint density at radius 1 is 0.692 bits per heavy atom. The SMILES string of the molecule is O=C(Nc1nnc(CCSCCc2nnc(NC(=O)c3ccc([N+](=O)[O-])cc3)s2)s1)c1ccc([N+](=O)[O-])cc1. The van der Waals surface area contributed by atoms with Crippen molar-refractivity contribution in [1.29, 1.82) is 0 Å². The molecule has 2 heterocycles. The second-order valence-electron chi connectivity index (χ2n) is 7.63. The number of aromatic nitrogens is 4. The molecule has 14 nitrogen and oxygen atoms in total. The lowest BCUT2D eigenvalue weighted by Gasteiger charge is -2.00. The van der Waals surface area contributed by atoms with E-state index in [9.17, 15) is 29.8 Å². The van der Waals surface area contributed by atoms with Crippen LogP contribution in [0.4, 0.5) is 21.6 Å². The largest absolute Gasteiger partial charge is 0.296 e. The van der Waals surface area contributed by atoms with E-state index in [0.717, 1.165) is 21.5 Å². The summed E-state index contributed by atoms with van der Waals surface area (Å²) >= 11 is 4.20. The van der Waals surface area contributed by atoms with Gasteiger partial charge < -0.3 is 0 Å². The van der Waals surface area contributed by atoms with E-state index in [1.807, 2.05) is 0 Å². The number of rotatable bonds is 12. The standard InChI is InChI=1S/C22H18N8O6S3/c31-19(13-1-5-15(6-2-13)29(33)34)23-21-27-25-17(38-21)9-11-37-12-10-18-26-28-22(39-18)24-20(32)14-3-7-16(8-4-14)30(35)36/h1-8H,9-12H2,(H,23,27,31)(H,24,28,32). The molecule has 4 rings (SSSR count). The maximum absolute atomic E-state index is 12.3. The zero-order chi connectivity index (χ0) is 27.8. The molecule has 0 bridgehead atoms. The number of thioether (sulfide) groups is 1. The quantitative estimate of drug-likeness (QED) is 0.137. The molecular weight excluding hydrogens is 568 g/mol. The van der Waals surface area contributed by atoms with Crippen molar-refractivity contribution in [3.63, 3.8) is 0 Å². The number of carbonyl (C=O) groups excluding carboxylic acids is 2. The van der Waals surface area contributed by atoms with Crippen molar-refractivity contribution in [1.82, 2.24) is 20.4 Å². The molecule has 2 amide bonds. The Hall–Kier alpha value is -4.35. The highest BCUT2D eigenvalue weighted by Gasteiger charge is 2.14. The fourth-order valence-electron chi connectivity index (χ4n) is 3.04. The molecule has 0 spiro atoms. The highest BCUT2D eigenvalue weighted by atomic mass is 32.2. The van der Waals surface area contributed by atoms with Crippen LogP contribution in [0.25, 0.3) is 0 Å². The van der Waals surface area contributed by atoms with Crippen LogP contribution in [-0.2, 0) is 12.8 Å². The first kappa shape index (κ1) is 27.7. The van der Waals surface area contributed by atoms with E-state index in [1.165, 1.54) is 71.2 Å². The molecule has 200 valence electrons. The summed E-state index contributed by atoms with van der Waals surface area (Å²) < 4.78 is 0. The Morgan fingerprint density at radius 2 is 1.08 bits per heavy atom. The minimum absolute atomic E-state index is 0.0970. The van der Waals surface area contributed by atoms with Crippen LogP contribution in [0.15, 0.2) is 48.5 Å². The maximum atomic E-state index is 12.3. The Labute approximate surface area is 232 Å². The molecule has 0 saturated carbocycles. The van der Waals surface area contributed by atoms with Crippen LogP contribution in [0.3, 0.4) is 0 Å². The van der Waals surface area contributed by atoms with Gasteiger partial charge in [-0.25, -0.2) is 0 Å². The number of hydrogen-bond acceptors (Lipinski definition) is 13. The Morgan fingerprint density at radius 3 is 1.44 bits per heavy atom. The molecule has 2 N–H and O–H groups in total. The molecule has 0 radical (unpaired) electrons. The average molecular weight is 587 g/mol. The van der Waals surface area contributed by atoms with Gasteiger partial charge >= 0.3 is 0 Å². The zero-order valence-electron chi connectivity index (χ0n) is 19.8. The van der Waals surface area contributed by atoms with E-state index >= 15 is 0 Å². The normalized spacial score (nSPS) is 10.7. The molecule has 0 unspecified atom stereocenters. The predicted molar refractivity (Wildman–Crippen MR) is 147 cm³/mol. The lowest BCUT2D eigenvalue weighted by atomic mass is 10.2. The minimum Gasteiger partial charge on any atom is -0.296 e. The van der Waals surface area contributed by atoms with Crippen LogP contribution in [0, 0.1) is 20.2 Å². The molecule has 0 aliphatic heterocycles. The van der Waals surface area contributed by atoms with Crippen molar-refractivity contribution in [3.05, 3.63) is 89.9 Å². The number of nitro groups is 2. The van der Waals surface area contributed by atoms with Gasteiger partial charge in [-0.15, -0.1) is 20.4 Å². The molecule has 0 aliphatic rings. The van der Waals surface area contributed by atoms with Crippen molar-refractivity contribution < 1.29 is 19.4 Å². The number of nitro benzene ring substituents is 2. The van der Waals surface area contributed by atoms with Gasteiger partial charge in [0.2, 0.25) is 10.3 Å². The molecule has 39 heavy (non-hydrogen) atoms. The lowest BCUT2D eigenvalue weighted by molar-refractivity contribution is -0.385. The molecule has 4 aromatic rings. The van der Waals surface area contributed by atoms with Crippen molar-refractivity contribution in [2.24, 2.45) is 0 Å². The highest BCUT2D eigenvalue weighted by molar-refractivity contribution is 7.99. The van der Waals surface area contributed by atoms with Crippen molar-refractivity contribution in [2.45, 2.75) is 12.8 Å². The van der Waals surface area contributed by atoms with Crippen LogP contribution in [-0.4, -0.2) is 53.6 Å². The third-order valence-electron chi connectivity index (χ3n) is 4.98. The number of benzene rings is 2. The third kappa shape index (κ3) is 7.82. The summed E-state index contributed by atoms with van der Waals surface area (Å²) in [7, 11) is 0. The number of carbonyl (C=O) groups is 2. The first-order valence-corrected chi connectivity index (χ1v) is 13.9. The van der Waals surface area contributed by atoms with E-state index < -0.39 is 21.7 Å². The molecular formula is C22H18N8O6S3. The lowest BCUT2D eigenvalue weighted by Crippen LogP contribution is -2.11. The molecule has 2 aromatic heterocycles. The van der Waals surface area contributed by atoms with Gasteiger partial charge in [-0.3, -0.25) is 40.5 Å². The first-order valence-electron chi connectivity index (χ1n) is 11.1. The summed E-state index contributed by atoms with van der Waals surface area (Å²) in [6, 6.07) is 10.5. The van der Waals surface area contributed by atoms with Crippen LogP contribution in [0.5, 0.6) is 0 Å². The summed E-state index contributed by atoms with van der Waals surface area (Å²) in [6.07, 6.45) is 1.31. The summed E-state index contributed by atoms with van der Waals surface area (Å²) in [5, 5.41) is 45.1. The van der Waals surface area contributed by atoms with Gasteiger partial charge in [0.05, 0.1) is 9.85 Å². The predicted octanol–water partition coefficient (Wildman–Crippen LogP) is 4.23. The van der Waals surface area contributed by atoms with E-state index in [0.29, 0.717) is 23.1 Å². The smallest absolute Gasteiger partial charge is 0.269 e. The molecule has 0 atom stereocenters. The van der Waals surface area contributed by atoms with Crippen LogP contribution in [0.1, 0.15) is 30.7 Å². The molecule has 0 saturated heterocycles. The molecule has 0 aliphatic carbocycles. The van der Waals surface area contributed by atoms with Crippen LogP contribution < -0.4 is 10.6 Å². The van der Waals surface area contributed by atoms with Crippen molar-refractivity contribution in [2.75, 3.05) is 22.1 Å². The van der Waals surface area contributed by atoms with Crippen molar-refractivity contribution in [3.8, 4) is 0 Å². The van der Waals surface area contributed by atoms with Gasteiger partial charge in [0.15, 0.2) is 0 Å². The third-order valence-corrected chi connectivity index (χ3v) is 7.76. The highest BCUT2D eigenvalue weighted by Crippen LogP contribution is 2.21. The van der Waals surface area contributed by atoms with Gasteiger partial charge in [-0.05, 0) is 35.8 Å². The molecule has 0 fully saturated rings. The van der Waals surface area contributed by atoms with Gasteiger partial charge in [0.1, 0.15) is 10.0 Å². The number of aryl methyl sites for hydroxylation is 2. The monoisotopic (exact) mass is 586 g/mol. The van der Waals surface area contributed by atoms with E-state index in [4.69, 9.17) is 0 Å². The van der Waals surface area contributed by atoms with Crippen molar-refractivity contribution >= 4 is 67.9 Å². The molecule has 17 heteroatoms. The fourth-order valence-corrected chi connectivity index (χ4v) is 5.65. The Bertz CT molecular complexity index is 1380. The fraction of sp³-hybridized carbons (Fsp3) is 0.182. The number of nitrogens with one attached hydrogen (secondary N) is 2. The maximum Gasteiger partial charge on any atom is 0.269 e. The Balaban J connectivity index is 1.16. The van der Waals surface area contributed by atoms with Crippen LogP contribution in [0.2, 0.25) is 0 Å². The van der Waals surface area contributed by atoms with E-state index in [1.54, 1.807) is 11.8 Å². The summed E-state index contributed by atoms with van der Waals surface area (Å²) in [6.45, 7) is 0. The Kier molecular flexibility index (Phi) is 9.18. The van der Waals surface area contributed by atoms with Gasteiger partial charge in [-0.2, -0.15) is 11.8 Å². The summed E-state index contributed by atoms with van der Waals surface area (Å²) in [5.41, 5.74) is 0.359. The number of non-ortho nitro benzene ring substituents is 2. The number of anilines is 2. The van der Waals surface area contributed by atoms with Crippen LogP contribution >= 0.6 is 34.4 Å². The topological polar surface area (TPSA) is 196 Å². The van der Waals surface area contributed by atoms with E-state index in [-0.39, 0.29) is 22.5 Å². The number of hydrogen-bond donors (Lipinski definition) is 2. The minimum atomic E-state index is -0.534. The van der Waals surface area contributed by atoms with Gasteiger partial charge in [-0.1, -0.05) is 22.7 Å². The first-order chi connectivity index (χ1) is 18.8. The number of amides is 2. The molecule has 2 aromatic carbocycles. The zero-order valence-corrected chi connectivity index (χ0v) is 22.3. The summed E-state index contributed by atoms with van der Waals surface area (Å²) in [4.78, 5) is 45.0. The summed E-state index contributed by atoms with van der Waals surface area (Å²) in [5.74, 6) is 0.686. The number of nitrogens with zero attached hydrogens (tertiary/aromatic N) is 6. The second kappa shape index (κ2) is 12.9. The average Bonchev–Trinajstić information content (AvgIpc) is 3.57.